The minimum atomic E-state index is -0.262. The van der Waals surface area contributed by atoms with Crippen LogP contribution < -0.4 is 10.6 Å². The van der Waals surface area contributed by atoms with Gasteiger partial charge in [-0.25, -0.2) is 9.38 Å². The zero-order valence-electron chi connectivity index (χ0n) is 13.7. The van der Waals surface area contributed by atoms with Gasteiger partial charge in [-0.15, -0.1) is 24.0 Å². The highest BCUT2D eigenvalue weighted by Gasteiger charge is 2.01. The van der Waals surface area contributed by atoms with Crippen molar-refractivity contribution in [2.75, 3.05) is 26.3 Å². The molecule has 0 aromatic heterocycles. The minimum Gasteiger partial charge on any atom is -0.382 e. The van der Waals surface area contributed by atoms with Crippen molar-refractivity contribution in [2.45, 2.75) is 33.2 Å². The maximum Gasteiger partial charge on any atom is 0.191 e. The predicted molar refractivity (Wildman–Crippen MR) is 108 cm³/mol. The van der Waals surface area contributed by atoms with Crippen molar-refractivity contribution in [3.8, 4) is 0 Å². The highest BCUT2D eigenvalue weighted by Crippen LogP contribution is 2.16. The van der Waals surface area contributed by atoms with Crippen molar-refractivity contribution < 1.29 is 9.13 Å². The SMILES string of the molecule is CCNC(=NCc1ccc(Br)c(F)c1)NCCCCOCC.I. The van der Waals surface area contributed by atoms with E-state index in [2.05, 4.69) is 31.6 Å². The lowest BCUT2D eigenvalue weighted by Gasteiger charge is -2.11. The molecule has 0 unspecified atom stereocenters. The first-order chi connectivity index (χ1) is 10.7. The van der Waals surface area contributed by atoms with Gasteiger partial charge in [-0.3, -0.25) is 0 Å². The summed E-state index contributed by atoms with van der Waals surface area (Å²) in [6.07, 6.45) is 2.05. The first-order valence-electron chi connectivity index (χ1n) is 7.71. The number of rotatable bonds is 9. The van der Waals surface area contributed by atoms with Crippen LogP contribution in [0, 0.1) is 5.82 Å². The Hall–Kier alpha value is -0.410. The van der Waals surface area contributed by atoms with Crippen LogP contribution in [0.5, 0.6) is 0 Å². The molecule has 2 N–H and O–H groups in total. The summed E-state index contributed by atoms with van der Waals surface area (Å²) in [6.45, 7) is 7.65. The van der Waals surface area contributed by atoms with Gasteiger partial charge < -0.3 is 15.4 Å². The van der Waals surface area contributed by atoms with Gasteiger partial charge in [0.25, 0.3) is 0 Å². The Morgan fingerprint density at radius 2 is 2.04 bits per heavy atom. The summed E-state index contributed by atoms with van der Waals surface area (Å²) in [7, 11) is 0. The van der Waals surface area contributed by atoms with E-state index < -0.39 is 0 Å². The predicted octanol–water partition coefficient (Wildman–Crippen LogP) is 4.08. The second-order valence-electron chi connectivity index (χ2n) is 4.77. The molecule has 0 aliphatic heterocycles. The van der Waals surface area contributed by atoms with Crippen LogP contribution in [0.1, 0.15) is 32.3 Å². The molecule has 0 heterocycles. The molecule has 0 amide bonds. The number of halogens is 3. The fraction of sp³-hybridized carbons (Fsp3) is 0.562. The van der Waals surface area contributed by atoms with Gasteiger partial charge in [-0.1, -0.05) is 6.07 Å². The number of nitrogens with one attached hydrogen (secondary N) is 2. The van der Waals surface area contributed by atoms with E-state index in [4.69, 9.17) is 4.74 Å². The quantitative estimate of drug-likeness (QED) is 0.232. The molecule has 1 aromatic carbocycles. The molecule has 0 bridgehead atoms. The first-order valence-corrected chi connectivity index (χ1v) is 8.50. The molecule has 1 rings (SSSR count). The van der Waals surface area contributed by atoms with E-state index in [0.717, 1.165) is 50.7 Å². The van der Waals surface area contributed by atoms with Crippen molar-refractivity contribution in [2.24, 2.45) is 4.99 Å². The maximum absolute atomic E-state index is 13.5. The van der Waals surface area contributed by atoms with Crippen LogP contribution in [0.2, 0.25) is 0 Å². The number of hydrogen-bond acceptors (Lipinski definition) is 2. The van der Waals surface area contributed by atoms with Crippen LogP contribution in [-0.4, -0.2) is 32.3 Å². The second kappa shape index (κ2) is 14.0. The Morgan fingerprint density at radius 1 is 1.26 bits per heavy atom. The maximum atomic E-state index is 13.5. The Labute approximate surface area is 163 Å². The normalized spacial score (nSPS) is 11.0. The molecule has 0 saturated carbocycles. The van der Waals surface area contributed by atoms with Gasteiger partial charge in [0.1, 0.15) is 5.82 Å². The van der Waals surface area contributed by atoms with E-state index in [1.807, 2.05) is 19.9 Å². The Kier molecular flexibility index (Phi) is 13.7. The number of nitrogens with zero attached hydrogens (tertiary/aromatic N) is 1. The average Bonchev–Trinajstić information content (AvgIpc) is 2.51. The Bertz CT molecular complexity index is 475. The summed E-state index contributed by atoms with van der Waals surface area (Å²) >= 11 is 3.15. The van der Waals surface area contributed by atoms with Crippen molar-refractivity contribution in [1.29, 1.82) is 0 Å². The molecule has 0 spiro atoms. The molecule has 23 heavy (non-hydrogen) atoms. The topological polar surface area (TPSA) is 45.7 Å². The molecule has 0 atom stereocenters. The molecule has 132 valence electrons. The Morgan fingerprint density at radius 3 is 2.70 bits per heavy atom. The zero-order valence-corrected chi connectivity index (χ0v) is 17.6. The number of guanidine groups is 1. The van der Waals surface area contributed by atoms with Gasteiger partial charge in [-0.2, -0.15) is 0 Å². The largest absolute Gasteiger partial charge is 0.382 e. The number of hydrogen-bond donors (Lipinski definition) is 2. The third-order valence-electron chi connectivity index (χ3n) is 2.96. The molecule has 0 fully saturated rings. The van der Waals surface area contributed by atoms with Crippen molar-refractivity contribution in [3.05, 3.63) is 34.1 Å². The standard InChI is InChI=1S/C16H25BrFN3O.HI/c1-3-19-16(20-9-5-6-10-22-4-2)21-12-13-7-8-14(17)15(18)11-13;/h7-8,11H,3-6,9-10,12H2,1-2H3,(H2,19,20,21);1H. The molecule has 4 nitrogen and oxygen atoms in total. The van der Waals surface area contributed by atoms with Crippen LogP contribution in [0.4, 0.5) is 4.39 Å². The third-order valence-corrected chi connectivity index (χ3v) is 3.60. The van der Waals surface area contributed by atoms with Crippen LogP contribution >= 0.6 is 39.9 Å². The molecule has 7 heteroatoms. The molecular weight excluding hydrogens is 476 g/mol. The minimum absolute atomic E-state index is 0. The molecule has 0 aliphatic carbocycles. The van der Waals surface area contributed by atoms with Gasteiger partial charge in [-0.05, 0) is 60.3 Å². The number of ether oxygens (including phenoxy) is 1. The number of aliphatic imine (C=N–C) groups is 1. The van der Waals surface area contributed by atoms with E-state index in [1.165, 1.54) is 6.07 Å². The van der Waals surface area contributed by atoms with Crippen LogP contribution in [0.15, 0.2) is 27.7 Å². The van der Waals surface area contributed by atoms with Crippen molar-refractivity contribution in [3.63, 3.8) is 0 Å². The smallest absolute Gasteiger partial charge is 0.191 e. The summed E-state index contributed by atoms with van der Waals surface area (Å²) in [5, 5.41) is 6.46. The van der Waals surface area contributed by atoms with Gasteiger partial charge in [0.05, 0.1) is 11.0 Å². The van der Waals surface area contributed by atoms with E-state index in [-0.39, 0.29) is 29.8 Å². The lowest BCUT2D eigenvalue weighted by Crippen LogP contribution is -2.37. The highest BCUT2D eigenvalue weighted by atomic mass is 127. The van der Waals surface area contributed by atoms with Crippen molar-refractivity contribution >= 4 is 45.9 Å². The van der Waals surface area contributed by atoms with Gasteiger partial charge in [0.15, 0.2) is 5.96 Å². The molecule has 0 aliphatic rings. The first kappa shape index (κ1) is 22.6. The van der Waals surface area contributed by atoms with Crippen molar-refractivity contribution in [1.82, 2.24) is 10.6 Å². The fourth-order valence-electron chi connectivity index (χ4n) is 1.83. The van der Waals surface area contributed by atoms with E-state index in [1.54, 1.807) is 6.07 Å². The van der Waals surface area contributed by atoms with E-state index >= 15 is 0 Å². The van der Waals surface area contributed by atoms with Gasteiger partial charge in [0.2, 0.25) is 0 Å². The summed E-state index contributed by atoms with van der Waals surface area (Å²) < 4.78 is 19.2. The summed E-state index contributed by atoms with van der Waals surface area (Å²) in [5.74, 6) is 0.490. The lowest BCUT2D eigenvalue weighted by molar-refractivity contribution is 0.143. The highest BCUT2D eigenvalue weighted by molar-refractivity contribution is 14.0. The molecule has 0 radical (unpaired) electrons. The van der Waals surface area contributed by atoms with E-state index in [0.29, 0.717) is 11.0 Å². The van der Waals surface area contributed by atoms with Crippen LogP contribution in [-0.2, 0) is 11.3 Å². The molecule has 0 saturated heterocycles. The monoisotopic (exact) mass is 501 g/mol. The van der Waals surface area contributed by atoms with E-state index in [9.17, 15) is 4.39 Å². The number of unbranched alkanes of at least 4 members (excludes halogenated alkanes) is 1. The molecule has 1 aromatic rings. The average molecular weight is 502 g/mol. The molecular formula is C16H26BrFIN3O. The number of benzene rings is 1. The second-order valence-corrected chi connectivity index (χ2v) is 5.63. The Balaban J connectivity index is 0.00000484. The third kappa shape index (κ3) is 10.1. The summed E-state index contributed by atoms with van der Waals surface area (Å²) in [4.78, 5) is 4.47. The van der Waals surface area contributed by atoms with Gasteiger partial charge in [0, 0.05) is 26.3 Å². The van der Waals surface area contributed by atoms with Crippen LogP contribution in [0.3, 0.4) is 0 Å². The summed E-state index contributed by atoms with van der Waals surface area (Å²) in [5.41, 5.74) is 0.842. The van der Waals surface area contributed by atoms with Gasteiger partial charge >= 0.3 is 0 Å². The zero-order chi connectivity index (χ0) is 16.2. The van der Waals surface area contributed by atoms with Crippen LogP contribution in [0.25, 0.3) is 0 Å². The lowest BCUT2D eigenvalue weighted by atomic mass is 10.2. The summed E-state index contributed by atoms with van der Waals surface area (Å²) in [6, 6.07) is 5.07. The fourth-order valence-corrected chi connectivity index (χ4v) is 2.08.